The first kappa shape index (κ1) is 17.9. The lowest BCUT2D eigenvalue weighted by Crippen LogP contribution is -2.11. The average molecular weight is 372 g/mol. The number of rotatable bonds is 7. The summed E-state index contributed by atoms with van der Waals surface area (Å²) in [5.74, 6) is 1.55. The highest BCUT2D eigenvalue weighted by molar-refractivity contribution is 6.33. The molecule has 0 bridgehead atoms. The Hall–Kier alpha value is -2.86. The van der Waals surface area contributed by atoms with Crippen molar-refractivity contribution in [3.05, 3.63) is 59.4 Å². The van der Waals surface area contributed by atoms with Gasteiger partial charge in [0.25, 0.3) is 0 Å². The Morgan fingerprint density at radius 2 is 2.08 bits per heavy atom. The summed E-state index contributed by atoms with van der Waals surface area (Å²) < 4.78 is 10.4. The van der Waals surface area contributed by atoms with Crippen LogP contribution in [0.2, 0.25) is 5.02 Å². The van der Waals surface area contributed by atoms with Crippen molar-refractivity contribution < 1.29 is 14.1 Å². The number of aromatic nitrogens is 2. The number of benzene rings is 2. The average Bonchev–Trinajstić information content (AvgIpc) is 3.11. The van der Waals surface area contributed by atoms with Crippen molar-refractivity contribution in [2.24, 2.45) is 0 Å². The number of hydrogen-bond donors (Lipinski definition) is 1. The summed E-state index contributed by atoms with van der Waals surface area (Å²) in [5.41, 5.74) is 1.42. The van der Waals surface area contributed by atoms with Crippen molar-refractivity contribution in [3.63, 3.8) is 0 Å². The lowest BCUT2D eigenvalue weighted by molar-refractivity contribution is -0.116. The third-order valence-electron chi connectivity index (χ3n) is 3.73. The van der Waals surface area contributed by atoms with Crippen LogP contribution in [-0.2, 0) is 11.2 Å². The minimum absolute atomic E-state index is 0.0795. The molecule has 1 amide bonds. The predicted molar refractivity (Wildman–Crippen MR) is 99.3 cm³/mol. The first-order valence-electron chi connectivity index (χ1n) is 8.17. The van der Waals surface area contributed by atoms with Gasteiger partial charge >= 0.3 is 0 Å². The van der Waals surface area contributed by atoms with E-state index in [0.717, 1.165) is 5.56 Å². The van der Waals surface area contributed by atoms with Crippen molar-refractivity contribution in [1.29, 1.82) is 0 Å². The van der Waals surface area contributed by atoms with E-state index in [4.69, 9.17) is 20.9 Å². The van der Waals surface area contributed by atoms with Crippen LogP contribution in [0.25, 0.3) is 11.4 Å². The second kappa shape index (κ2) is 8.49. The van der Waals surface area contributed by atoms with Gasteiger partial charge in [-0.1, -0.05) is 35.0 Å². The molecular weight excluding hydrogens is 354 g/mol. The Labute approximate surface area is 156 Å². The predicted octanol–water partition coefficient (Wildman–Crippen LogP) is 4.36. The van der Waals surface area contributed by atoms with Gasteiger partial charge in [0, 0.05) is 30.2 Å². The smallest absolute Gasteiger partial charge is 0.226 e. The molecule has 1 heterocycles. The summed E-state index contributed by atoms with van der Waals surface area (Å²) in [6.45, 7) is 0. The fourth-order valence-electron chi connectivity index (χ4n) is 2.43. The standard InChI is InChI=1S/C19H18ClN3O3/c1-25-14-7-4-6-13(12-14)21-17(24)10-5-11-18-22-19(23-26-18)15-8-2-3-9-16(15)20/h2-4,6-9,12H,5,10-11H2,1H3,(H,21,24). The summed E-state index contributed by atoms with van der Waals surface area (Å²) >= 11 is 6.13. The van der Waals surface area contributed by atoms with Crippen molar-refractivity contribution in [2.75, 3.05) is 12.4 Å². The maximum atomic E-state index is 12.0. The Kier molecular flexibility index (Phi) is 5.86. The summed E-state index contributed by atoms with van der Waals surface area (Å²) in [4.78, 5) is 16.4. The van der Waals surface area contributed by atoms with Crippen molar-refractivity contribution in [3.8, 4) is 17.1 Å². The van der Waals surface area contributed by atoms with E-state index >= 15 is 0 Å². The number of aryl methyl sites for hydroxylation is 1. The molecule has 0 saturated heterocycles. The molecule has 7 heteroatoms. The van der Waals surface area contributed by atoms with Gasteiger partial charge in [0.15, 0.2) is 0 Å². The molecule has 0 spiro atoms. The van der Waals surface area contributed by atoms with Crippen LogP contribution in [-0.4, -0.2) is 23.2 Å². The molecule has 0 radical (unpaired) electrons. The van der Waals surface area contributed by atoms with Gasteiger partial charge in [-0.25, -0.2) is 0 Å². The zero-order valence-corrected chi connectivity index (χ0v) is 15.0. The van der Waals surface area contributed by atoms with Crippen LogP contribution in [0.5, 0.6) is 5.75 Å². The third-order valence-corrected chi connectivity index (χ3v) is 4.06. The van der Waals surface area contributed by atoms with Crippen LogP contribution in [0.15, 0.2) is 53.1 Å². The van der Waals surface area contributed by atoms with E-state index in [1.807, 2.05) is 36.4 Å². The van der Waals surface area contributed by atoms with Gasteiger partial charge in [0.1, 0.15) is 5.75 Å². The highest BCUT2D eigenvalue weighted by Crippen LogP contribution is 2.25. The highest BCUT2D eigenvalue weighted by atomic mass is 35.5. The van der Waals surface area contributed by atoms with Gasteiger partial charge in [0.05, 0.1) is 12.1 Å². The van der Waals surface area contributed by atoms with E-state index < -0.39 is 0 Å². The summed E-state index contributed by atoms with van der Waals surface area (Å²) in [5, 5.41) is 7.35. The first-order valence-corrected chi connectivity index (χ1v) is 8.55. The van der Waals surface area contributed by atoms with E-state index in [2.05, 4.69) is 15.5 Å². The summed E-state index contributed by atoms with van der Waals surface area (Å²) in [7, 11) is 1.59. The molecule has 26 heavy (non-hydrogen) atoms. The molecule has 3 aromatic rings. The van der Waals surface area contributed by atoms with Crippen LogP contribution >= 0.6 is 11.6 Å². The number of carbonyl (C=O) groups is 1. The van der Waals surface area contributed by atoms with Crippen LogP contribution in [0.3, 0.4) is 0 Å². The Balaban J connectivity index is 1.50. The molecule has 0 aliphatic heterocycles. The molecule has 1 aromatic heterocycles. The van der Waals surface area contributed by atoms with E-state index in [1.54, 1.807) is 19.2 Å². The lowest BCUT2D eigenvalue weighted by atomic mass is 10.2. The summed E-state index contributed by atoms with van der Waals surface area (Å²) in [6, 6.07) is 14.5. The maximum Gasteiger partial charge on any atom is 0.226 e. The maximum absolute atomic E-state index is 12.0. The SMILES string of the molecule is COc1cccc(NC(=O)CCCc2nc(-c3ccccc3Cl)no2)c1. The van der Waals surface area contributed by atoms with E-state index in [9.17, 15) is 4.79 Å². The molecule has 0 aliphatic carbocycles. The van der Waals surface area contributed by atoms with Crippen LogP contribution in [0.4, 0.5) is 5.69 Å². The number of nitrogens with zero attached hydrogens (tertiary/aromatic N) is 2. The molecule has 3 rings (SSSR count). The van der Waals surface area contributed by atoms with Crippen molar-refractivity contribution >= 4 is 23.2 Å². The van der Waals surface area contributed by atoms with Gasteiger partial charge in [-0.3, -0.25) is 4.79 Å². The van der Waals surface area contributed by atoms with E-state index in [-0.39, 0.29) is 5.91 Å². The molecule has 0 unspecified atom stereocenters. The van der Waals surface area contributed by atoms with Crippen molar-refractivity contribution in [2.45, 2.75) is 19.3 Å². The number of anilines is 1. The van der Waals surface area contributed by atoms with Gasteiger partial charge in [-0.05, 0) is 30.7 Å². The second-order valence-electron chi connectivity index (χ2n) is 5.63. The highest BCUT2D eigenvalue weighted by Gasteiger charge is 2.12. The fraction of sp³-hybridized carbons (Fsp3) is 0.211. The topological polar surface area (TPSA) is 77.2 Å². The zero-order valence-electron chi connectivity index (χ0n) is 14.2. The van der Waals surface area contributed by atoms with Crippen LogP contribution in [0, 0.1) is 0 Å². The Bertz CT molecular complexity index is 895. The molecule has 6 nitrogen and oxygen atoms in total. The minimum Gasteiger partial charge on any atom is -0.497 e. The number of hydrogen-bond acceptors (Lipinski definition) is 5. The fourth-order valence-corrected chi connectivity index (χ4v) is 2.65. The normalized spacial score (nSPS) is 10.5. The number of carbonyl (C=O) groups excluding carboxylic acids is 1. The third kappa shape index (κ3) is 4.61. The van der Waals surface area contributed by atoms with E-state index in [1.165, 1.54) is 0 Å². The van der Waals surface area contributed by atoms with Crippen LogP contribution < -0.4 is 10.1 Å². The van der Waals surface area contributed by atoms with Gasteiger partial charge in [0.2, 0.25) is 17.6 Å². The number of halogens is 1. The molecule has 0 atom stereocenters. The van der Waals surface area contributed by atoms with Gasteiger partial charge in [-0.2, -0.15) is 4.98 Å². The molecule has 1 N–H and O–H groups in total. The molecule has 2 aromatic carbocycles. The van der Waals surface area contributed by atoms with Gasteiger partial charge < -0.3 is 14.6 Å². The number of ether oxygens (including phenoxy) is 1. The molecule has 0 aliphatic rings. The molecule has 0 fully saturated rings. The van der Waals surface area contributed by atoms with Crippen molar-refractivity contribution in [1.82, 2.24) is 10.1 Å². The quantitative estimate of drug-likeness (QED) is 0.667. The largest absolute Gasteiger partial charge is 0.497 e. The Morgan fingerprint density at radius 3 is 2.88 bits per heavy atom. The minimum atomic E-state index is -0.0795. The van der Waals surface area contributed by atoms with Gasteiger partial charge in [-0.15, -0.1) is 0 Å². The zero-order chi connectivity index (χ0) is 18.4. The van der Waals surface area contributed by atoms with E-state index in [0.29, 0.717) is 47.4 Å². The lowest BCUT2D eigenvalue weighted by Gasteiger charge is -2.06. The number of nitrogens with one attached hydrogen (secondary N) is 1. The molecule has 0 saturated carbocycles. The second-order valence-corrected chi connectivity index (χ2v) is 6.03. The molecule has 134 valence electrons. The first-order chi connectivity index (χ1) is 12.7. The summed E-state index contributed by atoms with van der Waals surface area (Å²) in [6.07, 6.45) is 1.46. The van der Waals surface area contributed by atoms with Crippen LogP contribution in [0.1, 0.15) is 18.7 Å². The number of methoxy groups -OCH3 is 1. The molecular formula is C19H18ClN3O3. The number of amides is 1. The Morgan fingerprint density at radius 1 is 1.23 bits per heavy atom. The monoisotopic (exact) mass is 371 g/mol.